The van der Waals surface area contributed by atoms with Crippen molar-refractivity contribution in [1.29, 1.82) is 0 Å². The molecule has 0 saturated heterocycles. The minimum absolute atomic E-state index is 0.253. The molecule has 6 heteroatoms. The van der Waals surface area contributed by atoms with Crippen LogP contribution in [0.25, 0.3) is 0 Å². The Labute approximate surface area is 147 Å². The molecule has 0 aliphatic rings. The summed E-state index contributed by atoms with van der Waals surface area (Å²) in [5.74, 6) is 0.182. The summed E-state index contributed by atoms with van der Waals surface area (Å²) < 4.78 is 10.2. The van der Waals surface area contributed by atoms with Crippen molar-refractivity contribution in [1.82, 2.24) is 10.6 Å². The number of para-hydroxylation sites is 1. The number of benzene rings is 1. The van der Waals surface area contributed by atoms with Crippen LogP contribution in [0.4, 0.5) is 0 Å². The summed E-state index contributed by atoms with van der Waals surface area (Å²) in [6.07, 6.45) is 3.35. The number of nitrogens with one attached hydrogen (secondary N) is 2. The second-order valence-corrected chi connectivity index (χ2v) is 6.57. The minimum atomic E-state index is -0.667. The van der Waals surface area contributed by atoms with E-state index in [1.54, 1.807) is 20.1 Å². The lowest BCUT2D eigenvalue weighted by atomic mass is 9.94. The van der Waals surface area contributed by atoms with E-state index >= 15 is 0 Å². The Balaban J connectivity index is 1.96. The van der Waals surface area contributed by atoms with Crippen molar-refractivity contribution in [3.8, 4) is 5.75 Å². The highest BCUT2D eigenvalue weighted by Gasteiger charge is 2.26. The molecule has 0 unspecified atom stereocenters. The summed E-state index contributed by atoms with van der Waals surface area (Å²) in [5, 5.41) is 5.63. The van der Waals surface area contributed by atoms with Crippen LogP contribution in [0.15, 0.2) is 47.3 Å². The van der Waals surface area contributed by atoms with E-state index < -0.39 is 11.6 Å². The predicted molar refractivity (Wildman–Crippen MR) is 94.6 cm³/mol. The van der Waals surface area contributed by atoms with Gasteiger partial charge in [-0.25, -0.2) is 0 Å². The standard InChI is InChI=1S/C19H24N2O4/c1-13(20-18(23)15-9-10-25-12-15)17(22)21-19(2,3)11-14-7-5-6-8-16(14)24-4/h5-10,12-13H,11H2,1-4H3,(H,20,23)(H,21,22)/t13-/m1/s1. The van der Waals surface area contributed by atoms with E-state index in [-0.39, 0.29) is 11.8 Å². The van der Waals surface area contributed by atoms with Gasteiger partial charge in [0.05, 0.1) is 18.9 Å². The lowest BCUT2D eigenvalue weighted by Crippen LogP contribution is -2.53. The summed E-state index contributed by atoms with van der Waals surface area (Å²) in [5.41, 5.74) is 0.888. The normalized spacial score (nSPS) is 12.3. The quantitative estimate of drug-likeness (QED) is 0.809. The second-order valence-electron chi connectivity index (χ2n) is 6.57. The molecule has 0 aliphatic carbocycles. The first-order chi connectivity index (χ1) is 11.8. The van der Waals surface area contributed by atoms with Crippen molar-refractivity contribution >= 4 is 11.8 Å². The molecule has 2 N–H and O–H groups in total. The largest absolute Gasteiger partial charge is 0.496 e. The van der Waals surface area contributed by atoms with E-state index in [1.807, 2.05) is 38.1 Å². The van der Waals surface area contributed by atoms with Gasteiger partial charge < -0.3 is 19.8 Å². The Morgan fingerprint density at radius 2 is 1.96 bits per heavy atom. The van der Waals surface area contributed by atoms with Crippen molar-refractivity contribution in [2.24, 2.45) is 0 Å². The second kappa shape index (κ2) is 7.88. The van der Waals surface area contributed by atoms with Gasteiger partial charge in [0.2, 0.25) is 5.91 Å². The average molecular weight is 344 g/mol. The lowest BCUT2D eigenvalue weighted by Gasteiger charge is -2.29. The van der Waals surface area contributed by atoms with Crippen molar-refractivity contribution < 1.29 is 18.7 Å². The van der Waals surface area contributed by atoms with Gasteiger partial charge in [-0.1, -0.05) is 18.2 Å². The van der Waals surface area contributed by atoms with E-state index in [4.69, 9.17) is 9.15 Å². The van der Waals surface area contributed by atoms with Crippen LogP contribution in [0, 0.1) is 0 Å². The zero-order valence-corrected chi connectivity index (χ0v) is 15.0. The summed E-state index contributed by atoms with van der Waals surface area (Å²) in [6, 6.07) is 8.58. The predicted octanol–water partition coefficient (Wildman–Crippen LogP) is 2.54. The van der Waals surface area contributed by atoms with Crippen LogP contribution < -0.4 is 15.4 Å². The van der Waals surface area contributed by atoms with Gasteiger partial charge >= 0.3 is 0 Å². The number of hydrogen-bond donors (Lipinski definition) is 2. The van der Waals surface area contributed by atoms with Gasteiger partial charge in [0.15, 0.2) is 0 Å². The van der Waals surface area contributed by atoms with E-state index in [1.165, 1.54) is 12.5 Å². The number of hydrogen-bond acceptors (Lipinski definition) is 4. The summed E-state index contributed by atoms with van der Waals surface area (Å²) in [7, 11) is 1.62. The van der Waals surface area contributed by atoms with Crippen molar-refractivity contribution in [3.05, 3.63) is 54.0 Å². The molecule has 0 bridgehead atoms. The van der Waals surface area contributed by atoms with Gasteiger partial charge in [0.1, 0.15) is 18.1 Å². The maximum Gasteiger partial charge on any atom is 0.255 e. The van der Waals surface area contributed by atoms with Crippen molar-refractivity contribution in [3.63, 3.8) is 0 Å². The van der Waals surface area contributed by atoms with Crippen molar-refractivity contribution in [2.45, 2.75) is 38.8 Å². The number of furan rings is 1. The SMILES string of the molecule is COc1ccccc1CC(C)(C)NC(=O)[C@@H](C)NC(=O)c1ccoc1. The number of rotatable bonds is 7. The Hall–Kier alpha value is -2.76. The number of ether oxygens (including phenoxy) is 1. The first kappa shape index (κ1) is 18.6. The molecule has 0 spiro atoms. The molecule has 2 aromatic rings. The fourth-order valence-corrected chi connectivity index (χ4v) is 2.55. The van der Waals surface area contributed by atoms with Gasteiger partial charge in [-0.2, -0.15) is 0 Å². The Morgan fingerprint density at radius 1 is 1.24 bits per heavy atom. The fourth-order valence-electron chi connectivity index (χ4n) is 2.55. The fraction of sp³-hybridized carbons (Fsp3) is 0.368. The first-order valence-electron chi connectivity index (χ1n) is 8.09. The maximum atomic E-state index is 12.4. The third-order valence-electron chi connectivity index (χ3n) is 3.81. The Bertz CT molecular complexity index is 723. The van der Waals surface area contributed by atoms with Crippen molar-refractivity contribution in [2.75, 3.05) is 7.11 Å². The smallest absolute Gasteiger partial charge is 0.255 e. The molecule has 0 radical (unpaired) electrons. The van der Waals surface area contributed by atoms with Gasteiger partial charge in [0, 0.05) is 5.54 Å². The molecular formula is C19H24N2O4. The molecule has 25 heavy (non-hydrogen) atoms. The summed E-state index contributed by atoms with van der Waals surface area (Å²) in [4.78, 5) is 24.4. The molecule has 0 fully saturated rings. The third kappa shape index (κ3) is 5.11. The molecule has 2 rings (SSSR count). The monoisotopic (exact) mass is 344 g/mol. The maximum absolute atomic E-state index is 12.4. The number of methoxy groups -OCH3 is 1. The Kier molecular flexibility index (Phi) is 5.85. The van der Waals surface area contributed by atoms with E-state index in [0.29, 0.717) is 12.0 Å². The van der Waals surface area contributed by atoms with Crippen LogP contribution >= 0.6 is 0 Å². The van der Waals surface area contributed by atoms with Gasteiger partial charge in [-0.3, -0.25) is 9.59 Å². The highest BCUT2D eigenvalue weighted by atomic mass is 16.5. The van der Waals surface area contributed by atoms with Crippen LogP contribution in [0.5, 0.6) is 5.75 Å². The number of carbonyl (C=O) groups is 2. The molecular weight excluding hydrogens is 320 g/mol. The van der Waals surface area contributed by atoms with Crippen LogP contribution in [0.3, 0.4) is 0 Å². The van der Waals surface area contributed by atoms with Gasteiger partial charge in [-0.05, 0) is 44.9 Å². The summed E-state index contributed by atoms with van der Waals surface area (Å²) in [6.45, 7) is 5.51. The molecule has 1 aromatic carbocycles. The molecule has 6 nitrogen and oxygen atoms in total. The van der Waals surface area contributed by atoms with Crippen LogP contribution in [-0.4, -0.2) is 30.5 Å². The molecule has 0 saturated carbocycles. The molecule has 2 amide bonds. The highest BCUT2D eigenvalue weighted by Crippen LogP contribution is 2.22. The van der Waals surface area contributed by atoms with Crippen LogP contribution in [0.2, 0.25) is 0 Å². The highest BCUT2D eigenvalue weighted by molar-refractivity contribution is 5.97. The summed E-state index contributed by atoms with van der Waals surface area (Å²) >= 11 is 0. The number of amides is 2. The van der Waals surface area contributed by atoms with E-state index in [9.17, 15) is 9.59 Å². The molecule has 1 heterocycles. The average Bonchev–Trinajstić information content (AvgIpc) is 3.09. The molecule has 134 valence electrons. The van der Waals surface area contributed by atoms with Crippen LogP contribution in [0.1, 0.15) is 36.7 Å². The van der Waals surface area contributed by atoms with Gasteiger partial charge in [0.25, 0.3) is 5.91 Å². The zero-order chi connectivity index (χ0) is 18.4. The van der Waals surface area contributed by atoms with Crippen LogP contribution in [-0.2, 0) is 11.2 Å². The topological polar surface area (TPSA) is 80.6 Å². The third-order valence-corrected chi connectivity index (χ3v) is 3.81. The molecule has 1 aromatic heterocycles. The van der Waals surface area contributed by atoms with Gasteiger partial charge in [-0.15, -0.1) is 0 Å². The van der Waals surface area contributed by atoms with E-state index in [2.05, 4.69) is 10.6 Å². The Morgan fingerprint density at radius 3 is 2.60 bits per heavy atom. The number of carbonyl (C=O) groups excluding carboxylic acids is 2. The molecule has 1 atom stereocenters. The minimum Gasteiger partial charge on any atom is -0.496 e. The molecule has 0 aliphatic heterocycles. The zero-order valence-electron chi connectivity index (χ0n) is 15.0. The van der Waals surface area contributed by atoms with E-state index in [0.717, 1.165) is 11.3 Å². The lowest BCUT2D eigenvalue weighted by molar-refractivity contribution is -0.124. The first-order valence-corrected chi connectivity index (χ1v) is 8.09.